The summed E-state index contributed by atoms with van der Waals surface area (Å²) in [6.07, 6.45) is 0. The minimum atomic E-state index is -0.684. The number of fused-ring (bicyclic) bond motifs is 1. The van der Waals surface area contributed by atoms with Gasteiger partial charge in [0.05, 0.1) is 16.8 Å². The van der Waals surface area contributed by atoms with Crippen molar-refractivity contribution >= 4 is 18.5 Å². The maximum absolute atomic E-state index is 12.1. The molecule has 3 rings (SSSR count). The Morgan fingerprint density at radius 2 is 1.82 bits per heavy atom. The van der Waals surface area contributed by atoms with Gasteiger partial charge in [-0.1, -0.05) is 17.1 Å². The fourth-order valence-corrected chi connectivity index (χ4v) is 2.66. The molecular weight excluding hydrogens is 287 g/mol. The van der Waals surface area contributed by atoms with Crippen molar-refractivity contribution in [1.29, 1.82) is 0 Å². The highest BCUT2D eigenvalue weighted by molar-refractivity contribution is 6.62. The highest BCUT2D eigenvalue weighted by Gasteiger charge is 2.53. The van der Waals surface area contributed by atoms with Crippen LogP contribution in [-0.2, 0) is 15.9 Å². The van der Waals surface area contributed by atoms with Crippen molar-refractivity contribution in [2.45, 2.75) is 45.4 Å². The lowest BCUT2D eigenvalue weighted by molar-refractivity contribution is -0.634. The summed E-state index contributed by atoms with van der Waals surface area (Å²) in [6, 6.07) is 5.08. The van der Waals surface area contributed by atoms with E-state index in [4.69, 9.17) is 9.31 Å². The van der Waals surface area contributed by atoms with Crippen LogP contribution in [0.15, 0.2) is 18.2 Å². The zero-order valence-corrected chi connectivity index (χ0v) is 13.0. The molecule has 7 nitrogen and oxygen atoms in total. The second-order valence-corrected chi connectivity index (χ2v) is 6.56. The van der Waals surface area contributed by atoms with Crippen LogP contribution in [0.2, 0.25) is 0 Å². The number of nitro groups is 1. The maximum Gasteiger partial charge on any atom is 0.495 e. The van der Waals surface area contributed by atoms with Crippen molar-refractivity contribution in [3.63, 3.8) is 0 Å². The van der Waals surface area contributed by atoms with Crippen LogP contribution in [0.5, 0.6) is 0 Å². The van der Waals surface area contributed by atoms with Gasteiger partial charge >= 0.3 is 13.0 Å². The van der Waals surface area contributed by atoms with Crippen molar-refractivity contribution in [2.24, 2.45) is 0 Å². The van der Waals surface area contributed by atoms with Gasteiger partial charge < -0.3 is 9.31 Å². The van der Waals surface area contributed by atoms with E-state index in [1.54, 1.807) is 18.2 Å². The summed E-state index contributed by atoms with van der Waals surface area (Å²) in [5, 5.41) is 10.9. The number of carbonyl (C=O) groups excluding carboxylic acids is 1. The van der Waals surface area contributed by atoms with Crippen molar-refractivity contribution in [1.82, 2.24) is 5.01 Å². The Morgan fingerprint density at radius 3 is 2.36 bits per heavy atom. The topological polar surface area (TPSA) is 81.9 Å². The molecule has 0 bridgehead atoms. The number of rotatable bonds is 2. The first-order valence-corrected chi connectivity index (χ1v) is 7.08. The van der Waals surface area contributed by atoms with Crippen LogP contribution in [0.25, 0.3) is 0 Å². The van der Waals surface area contributed by atoms with Gasteiger partial charge in [0.15, 0.2) is 5.03 Å². The number of amides is 1. The highest BCUT2D eigenvalue weighted by Crippen LogP contribution is 2.37. The summed E-state index contributed by atoms with van der Waals surface area (Å²) in [7, 11) is -0.639. The predicted molar refractivity (Wildman–Crippen MR) is 79.0 cm³/mol. The first-order chi connectivity index (χ1) is 10.1. The molecule has 1 fully saturated rings. The number of hydrogen-bond donors (Lipinski definition) is 0. The van der Waals surface area contributed by atoms with Gasteiger partial charge in [0.2, 0.25) is 0 Å². The summed E-state index contributed by atoms with van der Waals surface area (Å²) >= 11 is 0. The predicted octanol–water partition coefficient (Wildman–Crippen LogP) is 1.13. The average Bonchev–Trinajstić information content (AvgIpc) is 2.85. The first kappa shape index (κ1) is 15.0. The van der Waals surface area contributed by atoms with Crippen molar-refractivity contribution < 1.29 is 19.1 Å². The molecule has 0 spiro atoms. The lowest BCUT2D eigenvalue weighted by atomic mass is 9.75. The van der Waals surface area contributed by atoms with Gasteiger partial charge in [-0.05, 0) is 44.8 Å². The smallest absolute Gasteiger partial charge is 0.399 e. The third-order valence-corrected chi connectivity index (χ3v) is 4.69. The van der Waals surface area contributed by atoms with Gasteiger partial charge in [0.25, 0.3) is 0 Å². The summed E-state index contributed by atoms with van der Waals surface area (Å²) < 4.78 is 12.0. The van der Waals surface area contributed by atoms with E-state index in [1.165, 1.54) is 0 Å². The Bertz CT molecular complexity index is 657. The van der Waals surface area contributed by atoms with Crippen LogP contribution in [0.3, 0.4) is 0 Å². The Labute approximate surface area is 128 Å². The minimum absolute atomic E-state index is 0.0680. The van der Waals surface area contributed by atoms with Crippen LogP contribution in [-0.4, -0.2) is 34.3 Å². The maximum atomic E-state index is 12.1. The largest absolute Gasteiger partial charge is 0.495 e. The molecule has 116 valence electrons. The number of nitrogens with zero attached hydrogens (tertiary/aromatic N) is 2. The third kappa shape index (κ3) is 2.02. The molecule has 2 aliphatic heterocycles. The van der Waals surface area contributed by atoms with Crippen LogP contribution in [0, 0.1) is 10.1 Å². The third-order valence-electron chi connectivity index (χ3n) is 4.69. The van der Waals surface area contributed by atoms with Crippen LogP contribution < -0.4 is 5.46 Å². The van der Waals surface area contributed by atoms with E-state index in [0.29, 0.717) is 21.6 Å². The lowest BCUT2D eigenvalue weighted by Crippen LogP contribution is -2.41. The highest BCUT2D eigenvalue weighted by atomic mass is 16.7. The molecule has 2 aliphatic rings. The van der Waals surface area contributed by atoms with E-state index >= 15 is 0 Å². The van der Waals surface area contributed by atoms with Crippen LogP contribution in [0.1, 0.15) is 43.6 Å². The van der Waals surface area contributed by atoms with Crippen LogP contribution in [0.4, 0.5) is 0 Å². The SMILES string of the molecule is CC1(C)OB(c2cccc3c2CN([N+](=O)[O-])C3=O)OC1(C)C. The summed E-state index contributed by atoms with van der Waals surface area (Å²) in [5.41, 5.74) is 0.595. The molecule has 1 amide bonds. The number of benzene rings is 1. The molecule has 0 N–H and O–H groups in total. The van der Waals surface area contributed by atoms with Crippen molar-refractivity contribution in [2.75, 3.05) is 0 Å². The molecule has 0 aromatic heterocycles. The van der Waals surface area contributed by atoms with Gasteiger partial charge in [-0.2, -0.15) is 0 Å². The van der Waals surface area contributed by atoms with E-state index in [2.05, 4.69) is 0 Å². The Morgan fingerprint density at radius 1 is 1.23 bits per heavy atom. The van der Waals surface area contributed by atoms with Gasteiger partial charge in [-0.3, -0.25) is 4.79 Å². The number of hydrazine groups is 1. The zero-order valence-electron chi connectivity index (χ0n) is 13.0. The van der Waals surface area contributed by atoms with Crippen molar-refractivity contribution in [3.8, 4) is 0 Å². The normalized spacial score (nSPS) is 22.1. The number of hydrogen-bond acceptors (Lipinski definition) is 5. The molecule has 0 radical (unpaired) electrons. The fourth-order valence-electron chi connectivity index (χ4n) is 2.66. The molecule has 0 atom stereocenters. The van der Waals surface area contributed by atoms with E-state index in [-0.39, 0.29) is 6.54 Å². The molecule has 0 unspecified atom stereocenters. The van der Waals surface area contributed by atoms with E-state index in [0.717, 1.165) is 0 Å². The minimum Gasteiger partial charge on any atom is -0.399 e. The Balaban J connectivity index is 2.00. The standard InChI is InChI=1S/C14H17BN2O5/c1-13(2)14(3,4)22-15(21-13)11-7-5-6-9-10(11)8-16(12(9)18)17(19)20/h5-7H,8H2,1-4H3. The lowest BCUT2D eigenvalue weighted by Gasteiger charge is -2.32. The second-order valence-electron chi connectivity index (χ2n) is 6.56. The molecule has 1 aromatic rings. The molecule has 1 saturated heterocycles. The Kier molecular flexibility index (Phi) is 3.09. The summed E-state index contributed by atoms with van der Waals surface area (Å²) in [6.45, 7) is 7.67. The molecular formula is C14H17BN2O5. The van der Waals surface area contributed by atoms with Crippen LogP contribution >= 0.6 is 0 Å². The molecule has 0 saturated carbocycles. The molecule has 2 heterocycles. The fraction of sp³-hybridized carbons (Fsp3) is 0.500. The molecule has 1 aromatic carbocycles. The van der Waals surface area contributed by atoms with Gasteiger partial charge in [0, 0.05) is 0 Å². The Hall–Kier alpha value is -1.93. The van der Waals surface area contributed by atoms with E-state index < -0.39 is 29.3 Å². The van der Waals surface area contributed by atoms with Gasteiger partial charge in [-0.15, -0.1) is 0 Å². The summed E-state index contributed by atoms with van der Waals surface area (Å²) in [4.78, 5) is 23.0. The quantitative estimate of drug-likeness (QED) is 0.465. The number of carbonyl (C=O) groups is 1. The monoisotopic (exact) mass is 304 g/mol. The van der Waals surface area contributed by atoms with E-state index in [1.807, 2.05) is 27.7 Å². The second kappa shape index (κ2) is 4.53. The van der Waals surface area contributed by atoms with Gasteiger partial charge in [0.1, 0.15) is 6.54 Å². The van der Waals surface area contributed by atoms with Crippen molar-refractivity contribution in [3.05, 3.63) is 39.4 Å². The average molecular weight is 304 g/mol. The zero-order chi connectivity index (χ0) is 16.3. The van der Waals surface area contributed by atoms with E-state index in [9.17, 15) is 14.9 Å². The molecule has 22 heavy (non-hydrogen) atoms. The first-order valence-electron chi connectivity index (χ1n) is 7.08. The molecule has 8 heteroatoms. The molecule has 0 aliphatic carbocycles. The summed E-state index contributed by atoms with van der Waals surface area (Å²) in [5.74, 6) is -0.599. The van der Waals surface area contributed by atoms with Gasteiger partial charge in [-0.25, -0.2) is 10.1 Å².